The predicted molar refractivity (Wildman–Crippen MR) is 311 cm³/mol. The van der Waals surface area contributed by atoms with Crippen molar-refractivity contribution in [2.75, 3.05) is 0 Å². The molecular weight excluding hydrogens is 1190 g/mol. The Balaban J connectivity index is 0.000000137. The van der Waals surface area contributed by atoms with Gasteiger partial charge >= 0.3 is 86.5 Å². The van der Waals surface area contributed by atoms with Gasteiger partial charge in [-0.05, 0) is 219 Å². The van der Waals surface area contributed by atoms with Gasteiger partial charge in [0.15, 0.2) is 0 Å². The Morgan fingerprint density at radius 2 is 0.305 bits per heavy atom. The monoisotopic (exact) mass is 1230 g/mol. The molecule has 0 spiro atoms. The average Bonchev–Trinajstić information content (AvgIpc) is 4.26. The minimum atomic E-state index is -0.812. The third-order valence-electron chi connectivity index (χ3n) is 12.1. The zero-order valence-corrected chi connectivity index (χ0v) is 46.9. The van der Waals surface area contributed by atoms with E-state index in [0.717, 1.165) is 135 Å². The molecule has 15 heterocycles. The van der Waals surface area contributed by atoms with E-state index in [1.54, 1.807) is 0 Å². The van der Waals surface area contributed by atoms with E-state index in [1.165, 1.54) is 0 Å². The number of H-pyrrole nitrogens is 6. The van der Waals surface area contributed by atoms with Gasteiger partial charge < -0.3 is 29.9 Å². The molecular formula is C60H45AlCo3N12O6. The van der Waals surface area contributed by atoms with E-state index in [0.29, 0.717) is 0 Å². The number of aromatic nitrogens is 12. The van der Waals surface area contributed by atoms with Gasteiger partial charge in [-0.1, -0.05) is 0 Å². The van der Waals surface area contributed by atoms with E-state index < -0.39 is 44.9 Å². The second kappa shape index (κ2) is 28.0. The van der Waals surface area contributed by atoms with Crippen LogP contribution in [0.15, 0.2) is 146 Å². The first-order chi connectivity index (χ1) is 39.6. The van der Waals surface area contributed by atoms with Crippen molar-refractivity contribution in [2.45, 2.75) is 0 Å². The molecule has 0 amide bonds. The molecule has 0 aromatic carbocycles. The second-order valence-corrected chi connectivity index (χ2v) is 18.5. The van der Waals surface area contributed by atoms with Crippen molar-refractivity contribution in [1.29, 1.82) is 0 Å². The number of nitrogens with one attached hydrogen (secondary N) is 6. The summed E-state index contributed by atoms with van der Waals surface area (Å²) < 4.78 is 46.3. The molecule has 22 heteroatoms. The van der Waals surface area contributed by atoms with Gasteiger partial charge in [-0.2, -0.15) is 0 Å². The summed E-state index contributed by atoms with van der Waals surface area (Å²) in [6.07, 6.45) is 24.3. The molecule has 411 valence electrons. The zero-order chi connectivity index (χ0) is 55.9. The Kier molecular flexibility index (Phi) is 19.8. The summed E-state index contributed by atoms with van der Waals surface area (Å²) >= 11 is -2.44. The maximum absolute atomic E-state index is 8.45. The van der Waals surface area contributed by atoms with Crippen molar-refractivity contribution in [3.05, 3.63) is 214 Å². The van der Waals surface area contributed by atoms with Crippen LogP contribution >= 0.6 is 0 Å². The van der Waals surface area contributed by atoms with Crippen molar-refractivity contribution < 1.29 is 69.1 Å². The third-order valence-corrected chi connectivity index (χ3v) is 12.1. The van der Waals surface area contributed by atoms with Crippen LogP contribution in [0, 0.1) is 0 Å². The van der Waals surface area contributed by atoms with E-state index in [9.17, 15) is 0 Å². The van der Waals surface area contributed by atoms with Crippen LogP contribution in [-0.4, -0.2) is 89.8 Å². The molecule has 24 bridgehead atoms. The molecule has 0 unspecified atom stereocenters. The van der Waals surface area contributed by atoms with E-state index >= 15 is 0 Å². The van der Waals surface area contributed by atoms with Crippen LogP contribution in [0.25, 0.3) is 139 Å². The average molecular weight is 1230 g/mol. The third kappa shape index (κ3) is 16.2. The van der Waals surface area contributed by atoms with Gasteiger partial charge in [-0.3, -0.25) is 0 Å². The number of hydrogen-bond donors (Lipinski definition) is 9. The summed E-state index contributed by atoms with van der Waals surface area (Å²) in [5.74, 6) is 0. The van der Waals surface area contributed by atoms with Crippen LogP contribution in [0.2, 0.25) is 0 Å². The fourth-order valence-electron chi connectivity index (χ4n) is 8.83. The Morgan fingerprint density at radius 1 is 0.220 bits per heavy atom. The first-order valence-electron chi connectivity index (χ1n) is 24.4. The molecule has 6 aliphatic rings. The number of rotatable bonds is 0. The zero-order valence-electron chi connectivity index (χ0n) is 42.6. The Labute approximate surface area is 495 Å². The normalized spacial score (nSPS) is 11.9. The number of aromatic amines is 6. The van der Waals surface area contributed by atoms with Gasteiger partial charge in [-0.15, -0.1) is 0 Å². The molecule has 15 rings (SSSR count). The summed E-state index contributed by atoms with van der Waals surface area (Å²) in [7, 11) is 0. The fourth-order valence-corrected chi connectivity index (χ4v) is 8.83. The van der Waals surface area contributed by atoms with Crippen LogP contribution in [0.3, 0.4) is 0 Å². The van der Waals surface area contributed by atoms with E-state index in [2.05, 4.69) is 133 Å². The molecule has 0 radical (unpaired) electrons. The predicted octanol–water partition coefficient (Wildman–Crippen LogP) is 11.6. The van der Waals surface area contributed by atoms with Crippen molar-refractivity contribution in [2.24, 2.45) is 0 Å². The number of fused-ring (bicyclic) bond motifs is 24. The van der Waals surface area contributed by atoms with Gasteiger partial charge in [0.05, 0.1) is 68.3 Å². The van der Waals surface area contributed by atoms with Gasteiger partial charge in [0.2, 0.25) is 0 Å². The van der Waals surface area contributed by atoms with Crippen LogP contribution in [0.1, 0.15) is 68.3 Å². The quantitative estimate of drug-likeness (QED) is 0.0641. The molecule has 18 nitrogen and oxygen atoms in total. The Morgan fingerprint density at radius 3 is 0.390 bits per heavy atom. The van der Waals surface area contributed by atoms with Crippen LogP contribution < -0.4 is 0 Å². The summed E-state index contributed by atoms with van der Waals surface area (Å²) in [6.45, 7) is 0. The van der Waals surface area contributed by atoms with Gasteiger partial charge in [0.1, 0.15) is 0 Å². The number of hydrogen-bond acceptors (Lipinski definition) is 9. The SMILES string of the molecule is C1=Cc2cc3ccc(cc4nc(cc5ccc(cc1n2)[nH]5)C=C4)[nH]3.C1=Cc2cc3ccc(cc4nc(cc5ccc(cc1n2)[nH]5)C=C4)[nH]3.C1=Cc2cc3ccc(cc4nc(cc5ccc(cc1n2)[nH]5)C=C4)[nH]3.[Al+3].[O]=[Co-][OH].[O]=[Co-][OH].[O]=[Co-][OH]. The molecule has 0 saturated carbocycles. The molecule has 9 aromatic heterocycles. The molecule has 6 aliphatic heterocycles. The minimum absolute atomic E-state index is 0. The van der Waals surface area contributed by atoms with E-state index in [1.807, 2.05) is 146 Å². The topological polar surface area (TPSA) is 284 Å². The first kappa shape index (κ1) is 57.8. The van der Waals surface area contributed by atoms with Gasteiger partial charge in [-0.25, -0.2) is 29.9 Å². The molecule has 0 aliphatic carbocycles. The maximum atomic E-state index is 8.45. The van der Waals surface area contributed by atoms with Crippen molar-refractivity contribution in [3.63, 3.8) is 0 Å². The van der Waals surface area contributed by atoms with Crippen molar-refractivity contribution in [1.82, 2.24) is 59.8 Å². The second-order valence-electron chi connectivity index (χ2n) is 17.9. The van der Waals surface area contributed by atoms with Crippen molar-refractivity contribution >= 4 is 156 Å². The summed E-state index contributed by atoms with van der Waals surface area (Å²) in [5, 5.41) is 0. The van der Waals surface area contributed by atoms with E-state index in [-0.39, 0.29) is 17.4 Å². The summed E-state index contributed by atoms with van der Waals surface area (Å²) in [6, 6.07) is 49.1. The fraction of sp³-hybridized carbons (Fsp3) is 0. The molecule has 9 N–H and O–H groups in total. The molecule has 0 atom stereocenters. The summed E-state index contributed by atoms with van der Waals surface area (Å²) in [4.78, 5) is 48.1. The van der Waals surface area contributed by atoms with Crippen LogP contribution in [0.4, 0.5) is 0 Å². The first-order valence-corrected chi connectivity index (χ1v) is 27.1. The van der Waals surface area contributed by atoms with Gasteiger partial charge in [0, 0.05) is 66.2 Å². The Hall–Kier alpha value is -8.87. The number of nitrogens with zero attached hydrogens (tertiary/aromatic N) is 6. The van der Waals surface area contributed by atoms with Crippen LogP contribution in [0.5, 0.6) is 0 Å². The van der Waals surface area contributed by atoms with Crippen molar-refractivity contribution in [3.8, 4) is 0 Å². The van der Waals surface area contributed by atoms with Crippen LogP contribution in [-0.2, 0) is 56.5 Å². The molecule has 0 fully saturated rings. The molecule has 9 aromatic rings. The van der Waals surface area contributed by atoms with Gasteiger partial charge in [0.25, 0.3) is 0 Å². The standard InChI is InChI=1S/3C20H14N4.Al.3Co.3H2O.3O/c3*1-2-14-10-16-5-6-18(23-16)12-20-8-7-19(24-20)11-17-4-3-15(22-17)9-13(1)21-14;;;;;;;;;;/h3*1-12,21,24H;;;;;3*1H2;;;/q;;;+3;;;;;;;;;/p-3. The molecule has 82 heavy (non-hydrogen) atoms. The summed E-state index contributed by atoms with van der Waals surface area (Å²) in [5.41, 5.74) is 23.6. The molecule has 0 saturated heterocycles. The Bertz CT molecular complexity index is 3600. The van der Waals surface area contributed by atoms with E-state index in [4.69, 9.17) is 24.3 Å².